The fourth-order valence-corrected chi connectivity index (χ4v) is 16.3. The Hall–Kier alpha value is -12.9. The number of fused-ring (bicyclic) bond motifs is 12. The van der Waals surface area contributed by atoms with Gasteiger partial charge in [0.2, 0.25) is 0 Å². The molecule has 14 heteroatoms. The molecule has 100 heavy (non-hydrogen) atoms. The number of benzene rings is 11. The van der Waals surface area contributed by atoms with Crippen LogP contribution in [-0.2, 0) is 0 Å². The van der Waals surface area contributed by atoms with Crippen LogP contribution < -0.4 is 0 Å². The number of rotatable bonds is 11. The molecule has 1 atom stereocenters. The minimum Gasteiger partial charge on any atom is -0.456 e. The highest BCUT2D eigenvalue weighted by Gasteiger charge is 2.26. The van der Waals surface area contributed by atoms with Gasteiger partial charge in [-0.3, -0.25) is 0 Å². The summed E-state index contributed by atoms with van der Waals surface area (Å²) in [4.78, 5) is 52.4. The van der Waals surface area contributed by atoms with Crippen LogP contribution in [0.25, 0.3) is 198 Å². The van der Waals surface area contributed by atoms with Crippen molar-refractivity contribution in [1.82, 2.24) is 49.8 Å². The van der Waals surface area contributed by atoms with Crippen LogP contribution in [0.15, 0.2) is 294 Å². The van der Waals surface area contributed by atoms with Gasteiger partial charge in [0.25, 0.3) is 0 Å². The van der Waals surface area contributed by atoms with Crippen LogP contribution in [0.1, 0.15) is 18.2 Å². The second-order valence-corrected chi connectivity index (χ2v) is 27.0. The maximum atomic E-state index is 6.66. The largest absolute Gasteiger partial charge is 0.456 e. The lowest BCUT2D eigenvalue weighted by Crippen LogP contribution is -2.04. The Morgan fingerprint density at radius 2 is 0.840 bits per heavy atom. The van der Waals surface area contributed by atoms with Gasteiger partial charge in [0.15, 0.2) is 46.4 Å². The summed E-state index contributed by atoms with van der Waals surface area (Å²) in [5.41, 5.74) is 16.2. The van der Waals surface area contributed by atoms with Gasteiger partial charge in [-0.05, 0) is 84.3 Å². The number of furan rings is 2. The molecule has 12 nitrogen and oxygen atoms in total. The third kappa shape index (κ3) is 9.86. The van der Waals surface area contributed by atoms with Crippen LogP contribution in [0.5, 0.6) is 0 Å². The molecule has 0 bridgehead atoms. The zero-order chi connectivity index (χ0) is 65.8. The molecule has 8 aromatic heterocycles. The van der Waals surface area contributed by atoms with Gasteiger partial charge in [0.1, 0.15) is 33.8 Å². The summed E-state index contributed by atoms with van der Waals surface area (Å²) in [6, 6.07) is 89.0. The van der Waals surface area contributed by atoms with E-state index in [9.17, 15) is 0 Å². The van der Waals surface area contributed by atoms with Crippen LogP contribution in [0.4, 0.5) is 0 Å². The predicted octanol–water partition coefficient (Wildman–Crippen LogP) is 22.4. The molecule has 20 rings (SSSR count). The highest BCUT2D eigenvalue weighted by Crippen LogP contribution is 2.47. The lowest BCUT2D eigenvalue weighted by molar-refractivity contribution is 0.667. The number of hydrogen-bond donors (Lipinski definition) is 0. The second kappa shape index (κ2) is 23.5. The molecule has 0 saturated heterocycles. The molecule has 11 aromatic carbocycles. The Morgan fingerprint density at radius 3 is 1.55 bits per heavy atom. The summed E-state index contributed by atoms with van der Waals surface area (Å²) in [5, 5.41) is 6.05. The van der Waals surface area contributed by atoms with Crippen molar-refractivity contribution in [2.75, 3.05) is 0 Å². The van der Waals surface area contributed by atoms with Crippen molar-refractivity contribution in [1.29, 1.82) is 0 Å². The SMILES string of the molecule is C1=CCC(c2nc(-c3ccc4c(c3)sc3c(-c5nc(-c6ccccc6)nc(-c6ccccc6)n5)cccc34)c3sc4ccc(-c5cccc(-c6nc(-c7ccccc7)nc(-c7ccc8oc9cccc(-c%10nc(-c%11ccccc%11)nc%11c%10oc%10ccccc%10%11)c9c8c7)n6)c5)cc4c3n2)C=C1. The highest BCUT2D eigenvalue weighted by molar-refractivity contribution is 7.27. The van der Waals surface area contributed by atoms with E-state index in [-0.39, 0.29) is 5.92 Å². The Kier molecular flexibility index (Phi) is 13.5. The molecule has 0 N–H and O–H groups in total. The first-order valence-electron chi connectivity index (χ1n) is 33.0. The fourth-order valence-electron chi connectivity index (χ4n) is 13.9. The lowest BCUT2D eigenvalue weighted by Gasteiger charge is -2.14. The minimum atomic E-state index is 0.0118. The van der Waals surface area contributed by atoms with Crippen LogP contribution in [0, 0.1) is 0 Å². The van der Waals surface area contributed by atoms with E-state index in [1.807, 2.05) is 170 Å². The van der Waals surface area contributed by atoms with Crippen molar-refractivity contribution in [3.8, 4) is 113 Å². The monoisotopic (exact) mass is 1320 g/mol. The number of para-hydroxylation sites is 1. The van der Waals surface area contributed by atoms with Gasteiger partial charge in [-0.2, -0.15) is 0 Å². The Bertz CT molecular complexity index is 6530. The molecular formula is C86H50N10O2S2. The van der Waals surface area contributed by atoms with E-state index >= 15 is 0 Å². The van der Waals surface area contributed by atoms with Gasteiger partial charge >= 0.3 is 0 Å². The molecule has 0 amide bonds. The van der Waals surface area contributed by atoms with E-state index in [1.165, 1.54) is 0 Å². The maximum absolute atomic E-state index is 6.66. The van der Waals surface area contributed by atoms with Gasteiger partial charge in [-0.25, -0.2) is 49.8 Å². The van der Waals surface area contributed by atoms with E-state index in [4.69, 9.17) is 58.7 Å². The van der Waals surface area contributed by atoms with E-state index < -0.39 is 0 Å². The number of nitrogens with zero attached hydrogens (tertiary/aromatic N) is 10. The van der Waals surface area contributed by atoms with E-state index in [2.05, 4.69) is 115 Å². The average molecular weight is 1320 g/mol. The van der Waals surface area contributed by atoms with Crippen molar-refractivity contribution < 1.29 is 8.83 Å². The summed E-state index contributed by atoms with van der Waals surface area (Å²) in [7, 11) is 0. The van der Waals surface area contributed by atoms with Crippen molar-refractivity contribution in [3.63, 3.8) is 0 Å². The lowest BCUT2D eigenvalue weighted by atomic mass is 9.98. The van der Waals surface area contributed by atoms with E-state index in [1.54, 1.807) is 22.7 Å². The van der Waals surface area contributed by atoms with Gasteiger partial charge in [-0.15, -0.1) is 22.7 Å². The number of aromatic nitrogens is 10. The molecule has 1 aliphatic rings. The summed E-state index contributed by atoms with van der Waals surface area (Å²) in [6.45, 7) is 0. The predicted molar refractivity (Wildman–Crippen MR) is 405 cm³/mol. The van der Waals surface area contributed by atoms with Crippen LogP contribution in [-0.4, -0.2) is 49.8 Å². The highest BCUT2D eigenvalue weighted by atomic mass is 32.1. The normalized spacial score (nSPS) is 13.2. The van der Waals surface area contributed by atoms with Gasteiger partial charge in [0.05, 0.1) is 15.9 Å². The third-order valence-electron chi connectivity index (χ3n) is 18.7. The molecule has 0 fully saturated rings. The zero-order valence-corrected chi connectivity index (χ0v) is 54.7. The molecule has 1 unspecified atom stereocenters. The summed E-state index contributed by atoms with van der Waals surface area (Å²) < 4.78 is 17.7. The van der Waals surface area contributed by atoms with Crippen LogP contribution in [0.3, 0.4) is 0 Å². The topological polar surface area (TPSA) is 155 Å². The smallest absolute Gasteiger partial charge is 0.180 e. The van der Waals surface area contributed by atoms with Crippen LogP contribution >= 0.6 is 22.7 Å². The van der Waals surface area contributed by atoms with Gasteiger partial charge in [0, 0.05) is 102 Å². The number of hydrogen-bond acceptors (Lipinski definition) is 14. The molecule has 8 heterocycles. The fraction of sp³-hybridized carbons (Fsp3) is 0.0233. The standard InChI is InChI=1S/C86H50N10O2S2/c1-6-21-49(22-7-1)79-87-72(56-39-42-59-60-34-19-36-63(77(60)100-70(59)48-56)86-95-82(52-27-12-4-13-28-52)91-83(96-86)53-29-14-5-15-30-53)78-75(90-79)65-46-55(41-44-69(65)99-78)54-31-18-32-57(45-54)84-92-81(51-25-10-3-11-26-51)93-85(94-84)58-40-43-67-64(47-58)71-62(35-20-38-68(71)97-67)74-76-73(61-33-16-17-37-66(61)98-76)88-80(89-74)50-23-8-2-9-24-50/h1-21,23-49H,22H2. The molecule has 0 spiro atoms. The molecule has 0 saturated carbocycles. The second-order valence-electron chi connectivity index (χ2n) is 24.9. The number of allylic oxidation sites excluding steroid dienone is 4. The average Bonchev–Trinajstić information content (AvgIpc) is 1.57. The van der Waals surface area contributed by atoms with Gasteiger partial charge < -0.3 is 8.83 Å². The minimum absolute atomic E-state index is 0.0118. The first kappa shape index (κ1) is 57.4. The Balaban J connectivity index is 0.688. The van der Waals surface area contributed by atoms with E-state index in [0.29, 0.717) is 63.2 Å². The van der Waals surface area contributed by atoms with Crippen molar-refractivity contribution in [3.05, 3.63) is 291 Å². The molecule has 0 radical (unpaired) electrons. The van der Waals surface area contributed by atoms with Crippen molar-refractivity contribution in [2.45, 2.75) is 12.3 Å². The summed E-state index contributed by atoms with van der Waals surface area (Å²) in [5.74, 6) is 4.90. The number of thiophene rings is 2. The summed E-state index contributed by atoms with van der Waals surface area (Å²) >= 11 is 3.49. The quantitative estimate of drug-likeness (QED) is 0.121. The maximum Gasteiger partial charge on any atom is 0.180 e. The molecule has 1 aliphatic carbocycles. The van der Waals surface area contributed by atoms with Gasteiger partial charge in [-0.1, -0.05) is 218 Å². The van der Waals surface area contributed by atoms with E-state index in [0.717, 1.165) is 147 Å². The molecule has 468 valence electrons. The third-order valence-corrected chi connectivity index (χ3v) is 21.1. The Labute approximate surface area is 578 Å². The van der Waals surface area contributed by atoms with Crippen molar-refractivity contribution in [2.24, 2.45) is 0 Å². The Morgan fingerprint density at radius 1 is 0.300 bits per heavy atom. The van der Waals surface area contributed by atoms with Crippen LogP contribution in [0.2, 0.25) is 0 Å². The first-order valence-corrected chi connectivity index (χ1v) is 34.7. The molecule has 0 aliphatic heterocycles. The summed E-state index contributed by atoms with van der Waals surface area (Å²) in [6.07, 6.45) is 9.43. The van der Waals surface area contributed by atoms with Crippen molar-refractivity contribution >= 4 is 107 Å². The molecular weight excluding hydrogens is 1270 g/mol. The first-order chi connectivity index (χ1) is 49.5. The molecule has 19 aromatic rings. The zero-order valence-electron chi connectivity index (χ0n) is 53.0.